The molecule has 2 bridgehead atoms. The zero-order valence-electron chi connectivity index (χ0n) is 35.4. The van der Waals surface area contributed by atoms with Crippen LogP contribution in [0.15, 0.2) is 78.9 Å². The summed E-state index contributed by atoms with van der Waals surface area (Å²) in [4.78, 5) is 59.8. The second-order valence-corrected chi connectivity index (χ2v) is 18.6. The maximum absolute atomic E-state index is 14.4. The summed E-state index contributed by atoms with van der Waals surface area (Å²) in [7, 11) is -2.47. The van der Waals surface area contributed by atoms with Gasteiger partial charge in [-0.3, -0.25) is 19.1 Å². The average Bonchev–Trinajstić information content (AvgIpc) is 3.17. The van der Waals surface area contributed by atoms with Crippen molar-refractivity contribution in [2.45, 2.75) is 97.9 Å². The largest absolute Gasteiger partial charge is 0.497 e. The van der Waals surface area contributed by atoms with Crippen LogP contribution in [0.3, 0.4) is 0 Å². The van der Waals surface area contributed by atoms with Gasteiger partial charge in [0.2, 0.25) is 21.8 Å². The summed E-state index contributed by atoms with van der Waals surface area (Å²) in [6.45, 7) is 12.2. The Morgan fingerprint density at radius 1 is 0.933 bits per heavy atom. The summed E-state index contributed by atoms with van der Waals surface area (Å²) in [5, 5.41) is 8.85. The van der Waals surface area contributed by atoms with Gasteiger partial charge in [0.15, 0.2) is 0 Å². The van der Waals surface area contributed by atoms with Crippen molar-refractivity contribution in [2.75, 3.05) is 12.9 Å². The molecule has 1 aliphatic heterocycles. The van der Waals surface area contributed by atoms with E-state index in [1.165, 1.54) is 0 Å². The fourth-order valence-corrected chi connectivity index (χ4v) is 7.65. The molecule has 0 spiro atoms. The first-order chi connectivity index (χ1) is 28.3. The minimum atomic E-state index is -4.05. The molecule has 1 aromatic heterocycles. The van der Waals surface area contributed by atoms with Gasteiger partial charge < -0.3 is 30.2 Å². The highest BCUT2D eigenvalue weighted by atomic mass is 32.2. The van der Waals surface area contributed by atoms with Gasteiger partial charge >= 0.3 is 6.09 Å². The lowest BCUT2D eigenvalue weighted by molar-refractivity contribution is -0.133. The Morgan fingerprint density at radius 2 is 1.67 bits per heavy atom. The van der Waals surface area contributed by atoms with Crippen molar-refractivity contribution in [3.8, 4) is 28.5 Å². The average molecular weight is 842 g/mol. The van der Waals surface area contributed by atoms with Crippen LogP contribution in [0, 0.1) is 5.41 Å². The van der Waals surface area contributed by atoms with Crippen molar-refractivity contribution in [1.29, 1.82) is 0 Å². The number of allylic oxidation sites excluding steroid dienone is 1. The Morgan fingerprint density at radius 3 is 2.33 bits per heavy atom. The van der Waals surface area contributed by atoms with E-state index in [-0.39, 0.29) is 18.6 Å². The molecule has 3 aromatic carbocycles. The normalized spacial score (nSPS) is 18.4. The van der Waals surface area contributed by atoms with Gasteiger partial charge in [0, 0.05) is 28.6 Å². The van der Waals surface area contributed by atoms with Crippen molar-refractivity contribution in [1.82, 2.24) is 25.7 Å². The molecule has 60 heavy (non-hydrogen) atoms. The van der Waals surface area contributed by atoms with E-state index >= 15 is 0 Å². The third-order valence-electron chi connectivity index (χ3n) is 9.52. The molecule has 5 rings (SSSR count). The highest BCUT2D eigenvalue weighted by Gasteiger charge is 2.37. The number of methoxy groups -OCH3 is 1. The first-order valence-corrected chi connectivity index (χ1v) is 21.6. The number of aromatic nitrogens is 1. The number of fused-ring (bicyclic) bond motifs is 3. The predicted molar refractivity (Wildman–Crippen MR) is 231 cm³/mol. The molecule has 4 N–H and O–H groups in total. The molecule has 0 radical (unpaired) electrons. The van der Waals surface area contributed by atoms with Gasteiger partial charge in [0.05, 0.1) is 24.1 Å². The molecule has 2 heterocycles. The highest BCUT2D eigenvalue weighted by Crippen LogP contribution is 2.37. The zero-order chi connectivity index (χ0) is 43.8. The summed E-state index contributed by atoms with van der Waals surface area (Å²) >= 11 is 0. The fraction of sp³-hybridized carbons (Fsp3) is 0.400. The first-order valence-electron chi connectivity index (χ1n) is 19.9. The molecule has 0 aliphatic carbocycles. The monoisotopic (exact) mass is 841 g/mol. The van der Waals surface area contributed by atoms with E-state index in [1.807, 2.05) is 54.6 Å². The predicted octanol–water partition coefficient (Wildman–Crippen LogP) is 7.34. The first kappa shape index (κ1) is 45.1. The van der Waals surface area contributed by atoms with E-state index in [2.05, 4.69) is 20.7 Å². The number of nitrogens with one attached hydrogen (secondary N) is 4. The maximum Gasteiger partial charge on any atom is 0.408 e. The number of rotatable bonds is 9. The number of carbonyl (C=O) groups excluding carboxylic acids is 4. The molecule has 15 heteroatoms. The molecule has 1 aliphatic rings. The zero-order valence-corrected chi connectivity index (χ0v) is 36.2. The number of benzene rings is 3. The topological polar surface area (TPSA) is 191 Å². The number of alkyl carbamates (subject to hydrolysis) is 1. The fourth-order valence-electron chi connectivity index (χ4n) is 6.55. The second-order valence-electron chi connectivity index (χ2n) is 16.7. The highest BCUT2D eigenvalue weighted by molar-refractivity contribution is 7.90. The molecule has 4 aromatic rings. The number of ether oxygens (including phenoxy) is 3. The SMILES string of the molecule is CCC[C@@H]1NC(=O)C(NC(=O)[C@@H](NC(=O)OC(C)(C)C)C(C)(C)C)c2ccc(Oc3cc(-c4ccccc4)nc4cc(OC)ccc34)c(c2)/C=C/CCCS(=O)(=O)NC1=O. The molecule has 0 saturated carbocycles. The molecule has 4 amide bonds. The summed E-state index contributed by atoms with van der Waals surface area (Å²) < 4.78 is 45.7. The molecule has 3 atom stereocenters. The summed E-state index contributed by atoms with van der Waals surface area (Å²) in [6.07, 6.45) is 3.80. The van der Waals surface area contributed by atoms with Gasteiger partial charge in [-0.25, -0.2) is 18.2 Å². The van der Waals surface area contributed by atoms with E-state index < -0.39 is 63.0 Å². The van der Waals surface area contributed by atoms with Crippen molar-refractivity contribution in [3.05, 3.63) is 90.0 Å². The Kier molecular flexibility index (Phi) is 14.3. The summed E-state index contributed by atoms with van der Waals surface area (Å²) in [5.41, 5.74) is 1.29. The van der Waals surface area contributed by atoms with Gasteiger partial charge in [-0.1, -0.05) is 82.7 Å². The van der Waals surface area contributed by atoms with Crippen LogP contribution < -0.4 is 30.1 Å². The van der Waals surface area contributed by atoms with Crippen LogP contribution in [-0.2, 0) is 29.1 Å². The standard InChI is InChI=1S/C45H55N5O9S/c1-9-16-33-40(51)50-60(55,56)24-15-11-14-19-29-25-30(38(41(52)47-33)48-42(53)39(44(2,3)4)49-43(54)59-45(5,6)7)20-23-36(29)58-37-27-34(28-17-12-10-13-18-28)46-35-26-31(57-8)21-22-32(35)37/h10,12-14,17-23,25-27,33,38-39H,9,11,15-16,24H2,1-8H3,(H,47,52)(H,48,53)(H,49,54)(H,50,51)/b19-14+/t33-,38?,39+/m0/s1. The van der Waals surface area contributed by atoms with E-state index in [0.717, 1.165) is 5.56 Å². The van der Waals surface area contributed by atoms with Gasteiger partial charge in [0.25, 0.3) is 5.91 Å². The van der Waals surface area contributed by atoms with Gasteiger partial charge in [-0.05, 0) is 75.3 Å². The Bertz CT molecular complexity index is 2350. The van der Waals surface area contributed by atoms with Crippen molar-refractivity contribution < 1.29 is 41.8 Å². The number of hydrogen-bond donors (Lipinski definition) is 4. The number of amides is 4. The van der Waals surface area contributed by atoms with E-state index in [1.54, 1.807) is 85.9 Å². The molecular weight excluding hydrogens is 787 g/mol. The van der Waals surface area contributed by atoms with Crippen molar-refractivity contribution in [3.63, 3.8) is 0 Å². The van der Waals surface area contributed by atoms with Crippen LogP contribution >= 0.6 is 0 Å². The maximum atomic E-state index is 14.4. The van der Waals surface area contributed by atoms with Crippen LogP contribution in [0.4, 0.5) is 4.79 Å². The molecule has 1 unspecified atom stereocenters. The molecule has 14 nitrogen and oxygen atoms in total. The van der Waals surface area contributed by atoms with Crippen molar-refractivity contribution in [2.24, 2.45) is 5.41 Å². The number of carbonyl (C=O) groups is 4. The third-order valence-corrected chi connectivity index (χ3v) is 10.9. The van der Waals surface area contributed by atoms with E-state index in [0.29, 0.717) is 57.8 Å². The molecule has 0 fully saturated rings. The Balaban J connectivity index is 1.63. The summed E-state index contributed by atoms with van der Waals surface area (Å²) in [6, 6.07) is 18.1. The molecular formula is C45H55N5O9S. The van der Waals surface area contributed by atoms with Crippen LogP contribution in [0.25, 0.3) is 28.2 Å². The number of sulfonamides is 1. The third kappa shape index (κ3) is 12.1. The minimum Gasteiger partial charge on any atom is -0.497 e. The minimum absolute atomic E-state index is 0.120. The van der Waals surface area contributed by atoms with E-state index in [9.17, 15) is 27.6 Å². The summed E-state index contributed by atoms with van der Waals surface area (Å²) in [5.74, 6) is -1.21. The van der Waals surface area contributed by atoms with Crippen molar-refractivity contribution >= 4 is 50.8 Å². The second kappa shape index (κ2) is 19.0. The molecule has 0 saturated heterocycles. The van der Waals surface area contributed by atoms with E-state index in [4.69, 9.17) is 19.2 Å². The van der Waals surface area contributed by atoms with Crippen LogP contribution in [0.1, 0.15) is 91.3 Å². The van der Waals surface area contributed by atoms with Crippen LogP contribution in [0.2, 0.25) is 0 Å². The smallest absolute Gasteiger partial charge is 0.408 e. The van der Waals surface area contributed by atoms with Gasteiger partial charge in [-0.15, -0.1) is 0 Å². The Labute approximate surface area is 351 Å². The lowest BCUT2D eigenvalue weighted by Crippen LogP contribution is -2.57. The van der Waals surface area contributed by atoms with Gasteiger partial charge in [-0.2, -0.15) is 0 Å². The lowest BCUT2D eigenvalue weighted by Gasteiger charge is -2.33. The lowest BCUT2D eigenvalue weighted by atomic mass is 9.86. The van der Waals surface area contributed by atoms with Gasteiger partial charge in [0.1, 0.15) is 41.0 Å². The number of nitrogens with zero attached hydrogens (tertiary/aromatic N) is 1. The van der Waals surface area contributed by atoms with Crippen LogP contribution in [-0.4, -0.2) is 67.8 Å². The Hall–Kier alpha value is -5.96. The number of hydrogen-bond acceptors (Lipinski definition) is 10. The van der Waals surface area contributed by atoms with Crippen LogP contribution in [0.5, 0.6) is 17.2 Å². The number of pyridine rings is 1. The quantitative estimate of drug-likeness (QED) is 0.133. The molecule has 320 valence electrons.